The van der Waals surface area contributed by atoms with Crippen LogP contribution in [-0.2, 0) is 24.2 Å². The minimum Gasteiger partial charge on any atom is -0.423 e. The quantitative estimate of drug-likeness (QED) is 0.698. The molecule has 0 bridgehead atoms. The van der Waals surface area contributed by atoms with Crippen molar-refractivity contribution in [3.05, 3.63) is 54.1 Å². The number of nitrogens with zero attached hydrogens (tertiary/aromatic N) is 3. The molecule has 0 atom stereocenters. The van der Waals surface area contributed by atoms with Gasteiger partial charge in [0.2, 0.25) is 0 Å². The molecule has 5 nitrogen and oxygen atoms in total. The molecule has 23 heavy (non-hydrogen) atoms. The second kappa shape index (κ2) is 5.83. The normalized spacial score (nSPS) is 13.7. The van der Waals surface area contributed by atoms with Crippen LogP contribution in [0.5, 0.6) is 5.75 Å². The topological polar surface area (TPSA) is 57.0 Å². The summed E-state index contributed by atoms with van der Waals surface area (Å²) in [5, 5.41) is 6.36. The monoisotopic (exact) mass is 307 g/mol. The molecule has 0 spiro atoms. The molecule has 0 N–H and O–H groups in total. The fourth-order valence-electron chi connectivity index (χ4n) is 3.12. The molecule has 0 radical (unpaired) electrons. The Balaban J connectivity index is 1.55. The van der Waals surface area contributed by atoms with Gasteiger partial charge < -0.3 is 4.74 Å². The number of hydrogen-bond acceptors (Lipinski definition) is 4. The van der Waals surface area contributed by atoms with Crippen molar-refractivity contribution in [3.63, 3.8) is 0 Å². The molecule has 0 unspecified atom stereocenters. The van der Waals surface area contributed by atoms with Crippen molar-refractivity contribution in [2.45, 2.75) is 32.2 Å². The van der Waals surface area contributed by atoms with E-state index in [1.807, 2.05) is 28.9 Å². The van der Waals surface area contributed by atoms with E-state index in [-0.39, 0.29) is 12.4 Å². The molecule has 0 saturated carbocycles. The highest BCUT2D eigenvalue weighted by molar-refractivity contribution is 5.88. The molecule has 1 aliphatic rings. The predicted octanol–water partition coefficient (Wildman–Crippen LogP) is 2.92. The van der Waals surface area contributed by atoms with Crippen LogP contribution in [0.1, 0.15) is 24.1 Å². The van der Waals surface area contributed by atoms with E-state index in [2.05, 4.69) is 10.1 Å². The van der Waals surface area contributed by atoms with Crippen molar-refractivity contribution < 1.29 is 9.53 Å². The van der Waals surface area contributed by atoms with Gasteiger partial charge in [-0.05, 0) is 36.3 Å². The SMILES string of the molecule is O=C(Cc1cccc2ccncc12)Oc1cnn2c1CCCC2. The summed E-state index contributed by atoms with van der Waals surface area (Å²) in [6.07, 6.45) is 8.59. The van der Waals surface area contributed by atoms with Gasteiger partial charge in [-0.2, -0.15) is 5.10 Å². The largest absolute Gasteiger partial charge is 0.423 e. The van der Waals surface area contributed by atoms with E-state index in [0.29, 0.717) is 5.75 Å². The van der Waals surface area contributed by atoms with Crippen molar-refractivity contribution in [2.75, 3.05) is 0 Å². The van der Waals surface area contributed by atoms with Crippen LogP contribution in [0.2, 0.25) is 0 Å². The van der Waals surface area contributed by atoms with E-state index in [9.17, 15) is 4.79 Å². The van der Waals surface area contributed by atoms with Gasteiger partial charge in [0.15, 0.2) is 5.75 Å². The fraction of sp³-hybridized carbons (Fsp3) is 0.278. The van der Waals surface area contributed by atoms with E-state index in [0.717, 1.165) is 47.8 Å². The molecule has 4 rings (SSSR count). The van der Waals surface area contributed by atoms with Crippen LogP contribution in [0.15, 0.2) is 42.9 Å². The highest BCUT2D eigenvalue weighted by Gasteiger charge is 2.18. The minimum absolute atomic E-state index is 0.230. The molecule has 116 valence electrons. The van der Waals surface area contributed by atoms with Gasteiger partial charge in [-0.3, -0.25) is 14.5 Å². The molecule has 2 aromatic heterocycles. The van der Waals surface area contributed by atoms with Crippen molar-refractivity contribution in [2.24, 2.45) is 0 Å². The van der Waals surface area contributed by atoms with Gasteiger partial charge in [-0.1, -0.05) is 18.2 Å². The number of fused-ring (bicyclic) bond motifs is 2. The molecular weight excluding hydrogens is 290 g/mol. The Morgan fingerprint density at radius 1 is 1.22 bits per heavy atom. The standard InChI is InChI=1S/C18H17N3O2/c22-18(23-17-12-20-21-9-2-1-6-16(17)21)10-14-5-3-4-13-7-8-19-11-15(13)14/h3-5,7-8,11-12H,1-2,6,9-10H2. The second-order valence-corrected chi connectivity index (χ2v) is 5.80. The van der Waals surface area contributed by atoms with Gasteiger partial charge in [0.1, 0.15) is 0 Å². The molecule has 5 heteroatoms. The van der Waals surface area contributed by atoms with E-state index in [1.54, 1.807) is 18.6 Å². The first-order valence-electron chi connectivity index (χ1n) is 7.88. The van der Waals surface area contributed by atoms with E-state index >= 15 is 0 Å². The summed E-state index contributed by atoms with van der Waals surface area (Å²) in [6.45, 7) is 0.905. The lowest BCUT2D eigenvalue weighted by atomic mass is 10.0. The first-order chi connectivity index (χ1) is 11.3. The lowest BCUT2D eigenvalue weighted by Crippen LogP contribution is -2.15. The van der Waals surface area contributed by atoms with Gasteiger partial charge in [0, 0.05) is 24.3 Å². The molecule has 0 saturated heterocycles. The third-order valence-corrected chi connectivity index (χ3v) is 4.28. The third kappa shape index (κ3) is 2.70. The maximum Gasteiger partial charge on any atom is 0.315 e. The maximum atomic E-state index is 12.3. The summed E-state index contributed by atoms with van der Waals surface area (Å²) in [7, 11) is 0. The van der Waals surface area contributed by atoms with Crippen molar-refractivity contribution in [1.82, 2.24) is 14.8 Å². The van der Waals surface area contributed by atoms with E-state index in [1.165, 1.54) is 0 Å². The number of pyridine rings is 1. The first kappa shape index (κ1) is 13.9. The number of aromatic nitrogens is 3. The third-order valence-electron chi connectivity index (χ3n) is 4.28. The average molecular weight is 307 g/mol. The number of ether oxygens (including phenoxy) is 1. The van der Waals surface area contributed by atoms with Crippen LogP contribution in [0, 0.1) is 0 Å². The number of esters is 1. The van der Waals surface area contributed by atoms with Crippen molar-refractivity contribution in [1.29, 1.82) is 0 Å². The molecule has 3 aromatic rings. The summed E-state index contributed by atoms with van der Waals surface area (Å²) < 4.78 is 7.50. The Morgan fingerprint density at radius 2 is 2.17 bits per heavy atom. The van der Waals surface area contributed by atoms with Crippen molar-refractivity contribution >= 4 is 16.7 Å². The van der Waals surface area contributed by atoms with Gasteiger partial charge in [-0.25, -0.2) is 0 Å². The van der Waals surface area contributed by atoms with Crippen molar-refractivity contribution in [3.8, 4) is 5.75 Å². The molecule has 0 amide bonds. The summed E-state index contributed by atoms with van der Waals surface area (Å²) in [6, 6.07) is 7.85. The smallest absolute Gasteiger partial charge is 0.315 e. The number of rotatable bonds is 3. The van der Waals surface area contributed by atoms with Gasteiger partial charge in [-0.15, -0.1) is 0 Å². The molecule has 0 fully saturated rings. The van der Waals surface area contributed by atoms with Crippen LogP contribution in [0.4, 0.5) is 0 Å². The number of carbonyl (C=O) groups is 1. The van der Waals surface area contributed by atoms with Gasteiger partial charge in [0.25, 0.3) is 0 Å². The van der Waals surface area contributed by atoms with E-state index in [4.69, 9.17) is 4.74 Å². The van der Waals surface area contributed by atoms with Crippen LogP contribution in [0.3, 0.4) is 0 Å². The lowest BCUT2D eigenvalue weighted by Gasteiger charge is -2.14. The van der Waals surface area contributed by atoms with E-state index < -0.39 is 0 Å². The molecule has 3 heterocycles. The molecule has 1 aromatic carbocycles. The molecule has 1 aliphatic heterocycles. The second-order valence-electron chi connectivity index (χ2n) is 5.80. The Hall–Kier alpha value is -2.69. The van der Waals surface area contributed by atoms with Crippen LogP contribution in [-0.4, -0.2) is 20.7 Å². The highest BCUT2D eigenvalue weighted by Crippen LogP contribution is 2.25. The predicted molar refractivity (Wildman–Crippen MR) is 86.2 cm³/mol. The number of carbonyl (C=O) groups excluding carboxylic acids is 1. The highest BCUT2D eigenvalue weighted by atomic mass is 16.5. The van der Waals surface area contributed by atoms with Crippen LogP contribution < -0.4 is 4.74 Å². The lowest BCUT2D eigenvalue weighted by molar-refractivity contribution is -0.133. The minimum atomic E-state index is -0.261. The Labute approximate surface area is 133 Å². The fourth-order valence-corrected chi connectivity index (χ4v) is 3.12. The molecular formula is C18H17N3O2. The summed E-state index contributed by atoms with van der Waals surface area (Å²) >= 11 is 0. The maximum absolute atomic E-state index is 12.3. The van der Waals surface area contributed by atoms with Gasteiger partial charge >= 0.3 is 5.97 Å². The summed E-state index contributed by atoms with van der Waals surface area (Å²) in [5.74, 6) is 0.343. The van der Waals surface area contributed by atoms with Gasteiger partial charge in [0.05, 0.1) is 18.3 Å². The first-order valence-corrected chi connectivity index (χ1v) is 7.88. The van der Waals surface area contributed by atoms with Crippen LogP contribution in [0.25, 0.3) is 10.8 Å². The average Bonchev–Trinajstić information content (AvgIpc) is 2.98. The number of hydrogen-bond donors (Lipinski definition) is 0. The zero-order valence-corrected chi connectivity index (χ0v) is 12.7. The Morgan fingerprint density at radius 3 is 3.13 bits per heavy atom. The number of aryl methyl sites for hydroxylation is 1. The Kier molecular flexibility index (Phi) is 3.54. The Bertz CT molecular complexity index is 864. The summed E-state index contributed by atoms with van der Waals surface area (Å²) in [5.41, 5.74) is 1.96. The van der Waals surface area contributed by atoms with Crippen LogP contribution >= 0.6 is 0 Å². The zero-order valence-electron chi connectivity index (χ0n) is 12.7. The zero-order chi connectivity index (χ0) is 15.6. The summed E-state index contributed by atoms with van der Waals surface area (Å²) in [4.78, 5) is 16.5. The number of benzene rings is 1. The molecule has 0 aliphatic carbocycles.